The summed E-state index contributed by atoms with van der Waals surface area (Å²) in [6, 6.07) is 0. The SMILES string of the molecule is CNC1(C(O)O)CCCCC1. The number of rotatable bonds is 2. The molecule has 1 fully saturated rings. The highest BCUT2D eigenvalue weighted by Gasteiger charge is 2.36. The van der Waals surface area contributed by atoms with Crippen molar-refractivity contribution in [2.75, 3.05) is 7.05 Å². The number of likely N-dealkylation sites (N-methyl/N-ethyl adjacent to an activating group) is 1. The third-order valence-electron chi connectivity index (χ3n) is 2.74. The van der Waals surface area contributed by atoms with Crippen molar-refractivity contribution in [2.24, 2.45) is 0 Å². The van der Waals surface area contributed by atoms with Gasteiger partial charge in [0.15, 0.2) is 6.29 Å². The van der Waals surface area contributed by atoms with Gasteiger partial charge >= 0.3 is 0 Å². The molecule has 0 aromatic heterocycles. The van der Waals surface area contributed by atoms with Crippen molar-refractivity contribution in [3.05, 3.63) is 0 Å². The fourth-order valence-electron chi connectivity index (χ4n) is 1.82. The fourth-order valence-corrected chi connectivity index (χ4v) is 1.82. The molecule has 0 heterocycles. The number of nitrogens with one attached hydrogen (secondary N) is 1. The Morgan fingerprint density at radius 2 is 1.73 bits per heavy atom. The van der Waals surface area contributed by atoms with Gasteiger partial charge in [0.25, 0.3) is 0 Å². The maximum absolute atomic E-state index is 9.12. The molecule has 1 aliphatic rings. The van der Waals surface area contributed by atoms with Gasteiger partial charge in [-0.15, -0.1) is 0 Å². The first-order chi connectivity index (χ1) is 5.21. The van der Waals surface area contributed by atoms with Crippen molar-refractivity contribution in [3.63, 3.8) is 0 Å². The van der Waals surface area contributed by atoms with Gasteiger partial charge in [-0.3, -0.25) is 0 Å². The Bertz CT molecular complexity index is 119. The first kappa shape index (κ1) is 8.97. The molecule has 0 aliphatic heterocycles. The van der Waals surface area contributed by atoms with Gasteiger partial charge in [0.05, 0.1) is 5.54 Å². The van der Waals surface area contributed by atoms with Crippen molar-refractivity contribution in [3.8, 4) is 0 Å². The number of aliphatic hydroxyl groups is 2. The first-order valence-electron chi connectivity index (χ1n) is 4.26. The summed E-state index contributed by atoms with van der Waals surface area (Å²) in [5, 5.41) is 21.3. The highest BCUT2D eigenvalue weighted by Crippen LogP contribution is 2.29. The Hall–Kier alpha value is -0.120. The van der Waals surface area contributed by atoms with E-state index in [0.29, 0.717) is 0 Å². The summed E-state index contributed by atoms with van der Waals surface area (Å²) >= 11 is 0. The minimum atomic E-state index is -1.22. The molecule has 3 heteroatoms. The summed E-state index contributed by atoms with van der Waals surface area (Å²) in [6.07, 6.45) is 3.95. The smallest absolute Gasteiger partial charge is 0.169 e. The molecule has 0 atom stereocenters. The normalized spacial score (nSPS) is 24.0. The van der Waals surface area contributed by atoms with Gasteiger partial charge in [-0.2, -0.15) is 0 Å². The molecule has 3 N–H and O–H groups in total. The van der Waals surface area contributed by atoms with Crippen molar-refractivity contribution in [1.82, 2.24) is 5.32 Å². The van der Waals surface area contributed by atoms with Crippen LogP contribution in [0.25, 0.3) is 0 Å². The second-order valence-corrected chi connectivity index (χ2v) is 3.34. The highest BCUT2D eigenvalue weighted by atomic mass is 16.5. The molecule has 1 saturated carbocycles. The van der Waals surface area contributed by atoms with Crippen LogP contribution >= 0.6 is 0 Å². The third kappa shape index (κ3) is 1.72. The molecule has 1 rings (SSSR count). The van der Waals surface area contributed by atoms with Gasteiger partial charge in [0.1, 0.15) is 0 Å². The van der Waals surface area contributed by atoms with Crippen LogP contribution < -0.4 is 5.32 Å². The van der Waals surface area contributed by atoms with E-state index in [9.17, 15) is 0 Å². The molecule has 11 heavy (non-hydrogen) atoms. The third-order valence-corrected chi connectivity index (χ3v) is 2.74. The Morgan fingerprint density at radius 1 is 1.18 bits per heavy atom. The van der Waals surface area contributed by atoms with Crippen LogP contribution in [0.3, 0.4) is 0 Å². The number of aliphatic hydroxyl groups excluding tert-OH is 1. The predicted molar refractivity (Wildman–Crippen MR) is 43.1 cm³/mol. The van der Waals surface area contributed by atoms with E-state index in [4.69, 9.17) is 10.2 Å². The van der Waals surface area contributed by atoms with E-state index < -0.39 is 11.8 Å². The summed E-state index contributed by atoms with van der Waals surface area (Å²) in [7, 11) is 1.80. The van der Waals surface area contributed by atoms with Crippen LogP contribution in [0.1, 0.15) is 32.1 Å². The molecule has 0 aromatic carbocycles. The molecule has 0 radical (unpaired) electrons. The maximum Gasteiger partial charge on any atom is 0.169 e. The maximum atomic E-state index is 9.12. The molecule has 0 amide bonds. The van der Waals surface area contributed by atoms with Gasteiger partial charge in [-0.05, 0) is 19.9 Å². The van der Waals surface area contributed by atoms with E-state index in [0.717, 1.165) is 25.7 Å². The monoisotopic (exact) mass is 159 g/mol. The molecule has 0 saturated heterocycles. The van der Waals surface area contributed by atoms with E-state index in [1.807, 2.05) is 0 Å². The van der Waals surface area contributed by atoms with E-state index >= 15 is 0 Å². The van der Waals surface area contributed by atoms with E-state index in [2.05, 4.69) is 5.32 Å². The standard InChI is InChI=1S/C8H17NO2/c1-9-8(7(10)11)5-3-2-4-6-8/h7,9-11H,2-6H2,1H3. The van der Waals surface area contributed by atoms with Gasteiger partial charge in [0, 0.05) is 0 Å². The van der Waals surface area contributed by atoms with Crippen LogP contribution in [-0.2, 0) is 0 Å². The van der Waals surface area contributed by atoms with E-state index in [1.165, 1.54) is 6.42 Å². The van der Waals surface area contributed by atoms with Crippen molar-refractivity contribution < 1.29 is 10.2 Å². The summed E-state index contributed by atoms with van der Waals surface area (Å²) in [4.78, 5) is 0. The first-order valence-corrected chi connectivity index (χ1v) is 4.26. The zero-order valence-electron chi connectivity index (χ0n) is 7.01. The van der Waals surface area contributed by atoms with Crippen LogP contribution in [0.2, 0.25) is 0 Å². The molecular formula is C8H17NO2. The summed E-state index contributed by atoms with van der Waals surface area (Å²) in [6.45, 7) is 0. The average molecular weight is 159 g/mol. The lowest BCUT2D eigenvalue weighted by Crippen LogP contribution is -2.54. The van der Waals surface area contributed by atoms with Gasteiger partial charge < -0.3 is 15.5 Å². The lowest BCUT2D eigenvalue weighted by Gasteiger charge is -2.38. The lowest BCUT2D eigenvalue weighted by molar-refractivity contribution is -0.117. The Morgan fingerprint density at radius 3 is 2.00 bits per heavy atom. The summed E-state index contributed by atoms with van der Waals surface area (Å²) < 4.78 is 0. The van der Waals surface area contributed by atoms with Crippen molar-refractivity contribution in [1.29, 1.82) is 0 Å². The van der Waals surface area contributed by atoms with Gasteiger partial charge in [-0.25, -0.2) is 0 Å². The molecule has 0 aromatic rings. The molecule has 3 nitrogen and oxygen atoms in total. The van der Waals surface area contributed by atoms with Crippen LogP contribution in [0.5, 0.6) is 0 Å². The van der Waals surface area contributed by atoms with Crippen LogP contribution in [0.15, 0.2) is 0 Å². The second kappa shape index (κ2) is 3.52. The number of hydrogen-bond acceptors (Lipinski definition) is 3. The Labute approximate surface area is 67.4 Å². The molecule has 1 aliphatic carbocycles. The van der Waals surface area contributed by atoms with E-state index in [-0.39, 0.29) is 0 Å². The van der Waals surface area contributed by atoms with Gasteiger partial charge in [-0.1, -0.05) is 19.3 Å². The lowest BCUT2D eigenvalue weighted by atomic mass is 9.81. The van der Waals surface area contributed by atoms with Crippen LogP contribution in [0, 0.1) is 0 Å². The quantitative estimate of drug-likeness (QED) is 0.505. The molecule has 0 spiro atoms. The zero-order chi connectivity index (χ0) is 8.32. The average Bonchev–Trinajstić information content (AvgIpc) is 2.05. The van der Waals surface area contributed by atoms with Crippen LogP contribution in [0.4, 0.5) is 0 Å². The minimum Gasteiger partial charge on any atom is -0.367 e. The summed E-state index contributed by atoms with van der Waals surface area (Å²) in [5.41, 5.74) is -0.418. The topological polar surface area (TPSA) is 52.5 Å². The molecular weight excluding hydrogens is 142 g/mol. The summed E-state index contributed by atoms with van der Waals surface area (Å²) in [5.74, 6) is 0. The Kier molecular flexibility index (Phi) is 2.87. The number of hydrogen-bond donors (Lipinski definition) is 3. The Balaban J connectivity index is 2.57. The highest BCUT2D eigenvalue weighted by molar-refractivity contribution is 4.91. The van der Waals surface area contributed by atoms with Gasteiger partial charge in [0.2, 0.25) is 0 Å². The predicted octanol–water partition coefficient (Wildman–Crippen LogP) is 0.219. The van der Waals surface area contributed by atoms with Crippen LogP contribution in [-0.4, -0.2) is 29.1 Å². The van der Waals surface area contributed by atoms with Crippen molar-refractivity contribution in [2.45, 2.75) is 43.9 Å². The second-order valence-electron chi connectivity index (χ2n) is 3.34. The molecule has 66 valence electrons. The van der Waals surface area contributed by atoms with Crippen molar-refractivity contribution >= 4 is 0 Å². The molecule has 0 bridgehead atoms. The fraction of sp³-hybridized carbons (Fsp3) is 1.00. The minimum absolute atomic E-state index is 0.418. The largest absolute Gasteiger partial charge is 0.367 e. The zero-order valence-corrected chi connectivity index (χ0v) is 7.01. The molecule has 0 unspecified atom stereocenters. The van der Waals surface area contributed by atoms with E-state index in [1.54, 1.807) is 7.05 Å².